The van der Waals surface area contributed by atoms with Crippen LogP contribution in [0.15, 0.2) is 24.3 Å². The minimum atomic E-state index is -0.443. The van der Waals surface area contributed by atoms with E-state index in [0.29, 0.717) is 13.2 Å². The second-order valence-electron chi connectivity index (χ2n) is 3.74. The van der Waals surface area contributed by atoms with Gasteiger partial charge in [-0.1, -0.05) is 24.3 Å². The second-order valence-corrected chi connectivity index (χ2v) is 3.74. The molecule has 1 rings (SSSR count). The SMILES string of the molecule is CCOC(C)C(=O)NCc1ccccc1CO. The number of ether oxygens (including phenoxy) is 1. The summed E-state index contributed by atoms with van der Waals surface area (Å²) < 4.78 is 5.19. The Morgan fingerprint density at radius 1 is 1.41 bits per heavy atom. The fourth-order valence-electron chi connectivity index (χ4n) is 1.54. The fourth-order valence-corrected chi connectivity index (χ4v) is 1.54. The summed E-state index contributed by atoms with van der Waals surface area (Å²) in [6, 6.07) is 7.47. The molecule has 0 spiro atoms. The van der Waals surface area contributed by atoms with Crippen molar-refractivity contribution in [2.24, 2.45) is 0 Å². The number of amides is 1. The number of aliphatic hydroxyl groups excluding tert-OH is 1. The summed E-state index contributed by atoms with van der Waals surface area (Å²) in [5, 5.41) is 11.9. The van der Waals surface area contributed by atoms with Crippen LogP contribution in [-0.4, -0.2) is 23.7 Å². The van der Waals surface area contributed by atoms with Crippen molar-refractivity contribution >= 4 is 5.91 Å². The van der Waals surface area contributed by atoms with E-state index in [1.54, 1.807) is 6.92 Å². The van der Waals surface area contributed by atoms with Gasteiger partial charge in [-0.15, -0.1) is 0 Å². The van der Waals surface area contributed by atoms with E-state index >= 15 is 0 Å². The number of rotatable bonds is 6. The number of nitrogens with one attached hydrogen (secondary N) is 1. The summed E-state index contributed by atoms with van der Waals surface area (Å²) in [4.78, 5) is 11.6. The van der Waals surface area contributed by atoms with Gasteiger partial charge in [-0.25, -0.2) is 0 Å². The maximum Gasteiger partial charge on any atom is 0.249 e. The molecule has 94 valence electrons. The first kappa shape index (κ1) is 13.7. The van der Waals surface area contributed by atoms with E-state index in [4.69, 9.17) is 9.84 Å². The molecular formula is C13H19NO3. The Balaban J connectivity index is 2.52. The normalized spacial score (nSPS) is 12.2. The Hall–Kier alpha value is -1.39. The molecule has 0 aliphatic heterocycles. The van der Waals surface area contributed by atoms with Crippen LogP contribution in [0.4, 0.5) is 0 Å². The summed E-state index contributed by atoms with van der Waals surface area (Å²) in [5.41, 5.74) is 1.75. The summed E-state index contributed by atoms with van der Waals surface area (Å²) in [6.07, 6.45) is -0.443. The number of carbonyl (C=O) groups is 1. The van der Waals surface area contributed by atoms with E-state index in [-0.39, 0.29) is 12.5 Å². The van der Waals surface area contributed by atoms with Gasteiger partial charge in [0.1, 0.15) is 6.10 Å². The predicted molar refractivity (Wildman–Crippen MR) is 65.3 cm³/mol. The molecule has 0 aliphatic carbocycles. The third-order valence-corrected chi connectivity index (χ3v) is 2.53. The summed E-state index contributed by atoms with van der Waals surface area (Å²) in [6.45, 7) is 4.48. The van der Waals surface area contributed by atoms with Crippen LogP contribution in [0.3, 0.4) is 0 Å². The lowest BCUT2D eigenvalue weighted by atomic mass is 10.1. The molecule has 0 radical (unpaired) electrons. The molecule has 0 aliphatic rings. The van der Waals surface area contributed by atoms with E-state index in [9.17, 15) is 4.79 Å². The zero-order chi connectivity index (χ0) is 12.7. The molecule has 17 heavy (non-hydrogen) atoms. The smallest absolute Gasteiger partial charge is 0.249 e. The second kappa shape index (κ2) is 7.04. The molecule has 0 saturated heterocycles. The van der Waals surface area contributed by atoms with Crippen LogP contribution in [0.1, 0.15) is 25.0 Å². The van der Waals surface area contributed by atoms with Crippen molar-refractivity contribution in [3.05, 3.63) is 35.4 Å². The lowest BCUT2D eigenvalue weighted by molar-refractivity contribution is -0.131. The van der Waals surface area contributed by atoms with Crippen molar-refractivity contribution in [1.29, 1.82) is 0 Å². The van der Waals surface area contributed by atoms with Crippen LogP contribution in [-0.2, 0) is 22.7 Å². The van der Waals surface area contributed by atoms with Gasteiger partial charge >= 0.3 is 0 Å². The average Bonchev–Trinajstić information content (AvgIpc) is 2.36. The van der Waals surface area contributed by atoms with Crippen molar-refractivity contribution in [1.82, 2.24) is 5.32 Å². The highest BCUT2D eigenvalue weighted by molar-refractivity contribution is 5.80. The third kappa shape index (κ3) is 4.17. The molecule has 1 unspecified atom stereocenters. The van der Waals surface area contributed by atoms with Crippen LogP contribution in [0.5, 0.6) is 0 Å². The van der Waals surface area contributed by atoms with Gasteiger partial charge in [0.15, 0.2) is 0 Å². The Labute approximate surface area is 102 Å². The van der Waals surface area contributed by atoms with Crippen LogP contribution >= 0.6 is 0 Å². The third-order valence-electron chi connectivity index (χ3n) is 2.53. The summed E-state index contributed by atoms with van der Waals surface area (Å²) in [5.74, 6) is -0.139. The Morgan fingerprint density at radius 2 is 2.06 bits per heavy atom. The first-order valence-corrected chi connectivity index (χ1v) is 5.76. The minimum absolute atomic E-state index is 0.0208. The highest BCUT2D eigenvalue weighted by Crippen LogP contribution is 2.08. The average molecular weight is 237 g/mol. The van der Waals surface area contributed by atoms with Gasteiger partial charge < -0.3 is 15.2 Å². The van der Waals surface area contributed by atoms with Crippen LogP contribution in [0.25, 0.3) is 0 Å². The molecule has 0 bridgehead atoms. The standard InChI is InChI=1S/C13H19NO3/c1-3-17-10(2)13(16)14-8-11-6-4-5-7-12(11)9-15/h4-7,10,15H,3,8-9H2,1-2H3,(H,14,16). The van der Waals surface area contributed by atoms with Gasteiger partial charge in [0.25, 0.3) is 0 Å². The molecule has 1 atom stereocenters. The van der Waals surface area contributed by atoms with Gasteiger partial charge in [0, 0.05) is 13.2 Å². The van der Waals surface area contributed by atoms with Crippen LogP contribution in [0, 0.1) is 0 Å². The lowest BCUT2D eigenvalue weighted by Gasteiger charge is -2.13. The highest BCUT2D eigenvalue weighted by atomic mass is 16.5. The van der Waals surface area contributed by atoms with E-state index in [1.807, 2.05) is 31.2 Å². The van der Waals surface area contributed by atoms with Gasteiger partial charge in [-0.2, -0.15) is 0 Å². The molecule has 4 nitrogen and oxygen atoms in total. The summed E-state index contributed by atoms with van der Waals surface area (Å²) in [7, 11) is 0. The van der Waals surface area contributed by atoms with Crippen molar-refractivity contribution in [2.75, 3.05) is 6.61 Å². The van der Waals surface area contributed by atoms with Gasteiger partial charge in [0.2, 0.25) is 5.91 Å². The van der Waals surface area contributed by atoms with Crippen molar-refractivity contribution in [2.45, 2.75) is 33.1 Å². The molecule has 2 N–H and O–H groups in total. The Bertz CT molecular complexity index is 365. The molecule has 1 amide bonds. The fraction of sp³-hybridized carbons (Fsp3) is 0.462. The minimum Gasteiger partial charge on any atom is -0.392 e. The summed E-state index contributed by atoms with van der Waals surface area (Å²) >= 11 is 0. The first-order chi connectivity index (χ1) is 8.19. The van der Waals surface area contributed by atoms with Crippen LogP contribution in [0.2, 0.25) is 0 Å². The van der Waals surface area contributed by atoms with E-state index < -0.39 is 6.10 Å². The van der Waals surface area contributed by atoms with E-state index in [0.717, 1.165) is 11.1 Å². The van der Waals surface area contributed by atoms with Crippen molar-refractivity contribution in [3.63, 3.8) is 0 Å². The zero-order valence-corrected chi connectivity index (χ0v) is 10.3. The van der Waals surface area contributed by atoms with Gasteiger partial charge in [-0.3, -0.25) is 4.79 Å². The number of aliphatic hydroxyl groups is 1. The maximum atomic E-state index is 11.6. The molecule has 0 heterocycles. The van der Waals surface area contributed by atoms with E-state index in [2.05, 4.69) is 5.32 Å². The highest BCUT2D eigenvalue weighted by Gasteiger charge is 2.12. The molecule has 4 heteroatoms. The number of hydrogen-bond donors (Lipinski definition) is 2. The predicted octanol–water partition coefficient (Wildman–Crippen LogP) is 1.22. The molecule has 1 aromatic rings. The van der Waals surface area contributed by atoms with Gasteiger partial charge in [0.05, 0.1) is 6.61 Å². The molecule has 1 aromatic carbocycles. The van der Waals surface area contributed by atoms with Crippen LogP contribution < -0.4 is 5.32 Å². The largest absolute Gasteiger partial charge is 0.392 e. The topological polar surface area (TPSA) is 58.6 Å². The Morgan fingerprint density at radius 3 is 2.65 bits per heavy atom. The van der Waals surface area contributed by atoms with Crippen molar-refractivity contribution in [3.8, 4) is 0 Å². The quantitative estimate of drug-likeness (QED) is 0.782. The molecular weight excluding hydrogens is 218 g/mol. The monoisotopic (exact) mass is 237 g/mol. The molecule has 0 aromatic heterocycles. The number of carbonyl (C=O) groups excluding carboxylic acids is 1. The number of hydrogen-bond acceptors (Lipinski definition) is 3. The van der Waals surface area contributed by atoms with Gasteiger partial charge in [-0.05, 0) is 25.0 Å². The molecule has 0 saturated carbocycles. The van der Waals surface area contributed by atoms with Crippen molar-refractivity contribution < 1.29 is 14.6 Å². The maximum absolute atomic E-state index is 11.6. The lowest BCUT2D eigenvalue weighted by Crippen LogP contribution is -2.34. The Kier molecular flexibility index (Phi) is 5.66. The molecule has 0 fully saturated rings. The first-order valence-electron chi connectivity index (χ1n) is 5.76. The zero-order valence-electron chi connectivity index (χ0n) is 10.3. The number of benzene rings is 1. The van der Waals surface area contributed by atoms with E-state index in [1.165, 1.54) is 0 Å².